The molecule has 0 aliphatic rings. The lowest BCUT2D eigenvalue weighted by molar-refractivity contribution is -0.125. The van der Waals surface area contributed by atoms with Crippen molar-refractivity contribution in [3.05, 3.63) is 45.2 Å². The lowest BCUT2D eigenvalue weighted by atomic mass is 10.1. The molecule has 26 heavy (non-hydrogen) atoms. The number of rotatable bonds is 4. The highest BCUT2D eigenvalue weighted by Crippen LogP contribution is 2.20. The van der Waals surface area contributed by atoms with Crippen molar-refractivity contribution >= 4 is 44.9 Å². The smallest absolute Gasteiger partial charge is 0.243 e. The van der Waals surface area contributed by atoms with Gasteiger partial charge in [-0.05, 0) is 73.0 Å². The van der Waals surface area contributed by atoms with E-state index in [1.165, 1.54) is 0 Å². The first-order valence-electron chi connectivity index (χ1n) is 8.32. The molecule has 1 heterocycles. The molecule has 1 amide bonds. The van der Waals surface area contributed by atoms with E-state index in [9.17, 15) is 4.79 Å². The summed E-state index contributed by atoms with van der Waals surface area (Å²) in [7, 11) is 0. The summed E-state index contributed by atoms with van der Waals surface area (Å²) in [6.07, 6.45) is 0. The zero-order chi connectivity index (χ0) is 19.4. The van der Waals surface area contributed by atoms with Gasteiger partial charge in [-0.1, -0.05) is 19.1 Å². The number of halogens is 1. The van der Waals surface area contributed by atoms with E-state index >= 15 is 0 Å². The van der Waals surface area contributed by atoms with Gasteiger partial charge in [0.05, 0.1) is 22.6 Å². The van der Waals surface area contributed by atoms with Crippen LogP contribution in [0.5, 0.6) is 0 Å². The number of nitrogens with one attached hydrogen (secondary N) is 3. The number of hydrazine groups is 1. The van der Waals surface area contributed by atoms with E-state index in [2.05, 4.69) is 37.2 Å². The summed E-state index contributed by atoms with van der Waals surface area (Å²) in [5, 5.41) is 7.87. The van der Waals surface area contributed by atoms with E-state index in [1.807, 2.05) is 57.5 Å². The van der Waals surface area contributed by atoms with Crippen LogP contribution in [0.3, 0.4) is 0 Å². The largest absolute Gasteiger partial charge is 0.331 e. The Morgan fingerprint density at radius 1 is 1.27 bits per heavy atom. The van der Waals surface area contributed by atoms with E-state index in [0.717, 1.165) is 32.7 Å². The van der Waals surface area contributed by atoms with E-state index in [4.69, 9.17) is 12.2 Å². The lowest BCUT2D eigenvalue weighted by Gasteiger charge is -2.16. The van der Waals surface area contributed by atoms with Crippen LogP contribution < -0.4 is 16.2 Å². The van der Waals surface area contributed by atoms with E-state index in [1.54, 1.807) is 0 Å². The summed E-state index contributed by atoms with van der Waals surface area (Å²) in [4.78, 5) is 12.3. The molecule has 1 aromatic carbocycles. The molecular weight excluding hydrogens is 414 g/mol. The van der Waals surface area contributed by atoms with E-state index in [-0.39, 0.29) is 11.8 Å². The molecule has 0 bridgehead atoms. The summed E-state index contributed by atoms with van der Waals surface area (Å²) >= 11 is 8.75. The van der Waals surface area contributed by atoms with Crippen LogP contribution in [0.4, 0.5) is 5.69 Å². The molecule has 3 N–H and O–H groups in total. The van der Waals surface area contributed by atoms with Crippen molar-refractivity contribution < 1.29 is 4.79 Å². The first-order valence-corrected chi connectivity index (χ1v) is 9.52. The topological polar surface area (TPSA) is 71.0 Å². The van der Waals surface area contributed by atoms with E-state index in [0.29, 0.717) is 11.7 Å². The number of anilines is 1. The van der Waals surface area contributed by atoms with Crippen molar-refractivity contribution in [1.29, 1.82) is 0 Å². The minimum absolute atomic E-state index is 0.154. The number of carbonyl (C=O) groups is 1. The third kappa shape index (κ3) is 5.04. The van der Waals surface area contributed by atoms with Gasteiger partial charge in [0.25, 0.3) is 0 Å². The zero-order valence-corrected chi connectivity index (χ0v) is 18.0. The summed E-state index contributed by atoms with van der Waals surface area (Å²) in [6, 6.07) is 6.07. The summed E-state index contributed by atoms with van der Waals surface area (Å²) < 4.78 is 2.80. The number of benzene rings is 1. The van der Waals surface area contributed by atoms with Gasteiger partial charge in [-0.2, -0.15) is 5.10 Å². The summed E-state index contributed by atoms with van der Waals surface area (Å²) in [5.41, 5.74) is 10.4. The maximum absolute atomic E-state index is 12.3. The second kappa shape index (κ2) is 8.64. The van der Waals surface area contributed by atoms with Crippen LogP contribution in [0.15, 0.2) is 22.7 Å². The Hall–Kier alpha value is -1.93. The first kappa shape index (κ1) is 20.4. The van der Waals surface area contributed by atoms with Crippen LogP contribution in [-0.4, -0.2) is 20.8 Å². The molecule has 8 heteroatoms. The molecule has 0 fully saturated rings. The maximum atomic E-state index is 12.3. The first-order chi connectivity index (χ1) is 12.2. The molecular formula is C18H24BrN5OS. The molecule has 140 valence electrons. The Labute approximate surface area is 167 Å². The van der Waals surface area contributed by atoms with Crippen molar-refractivity contribution in [2.24, 2.45) is 5.92 Å². The van der Waals surface area contributed by atoms with E-state index < -0.39 is 0 Å². The lowest BCUT2D eigenvalue weighted by Crippen LogP contribution is -2.46. The van der Waals surface area contributed by atoms with Crippen molar-refractivity contribution in [2.45, 2.75) is 41.2 Å². The number of carbonyl (C=O) groups excluding carboxylic acids is 1. The summed E-state index contributed by atoms with van der Waals surface area (Å²) in [5.74, 6) is -0.422. The molecule has 0 spiro atoms. The third-order valence-corrected chi connectivity index (χ3v) is 5.48. The number of hydrogen-bond acceptors (Lipinski definition) is 3. The molecule has 0 saturated heterocycles. The fourth-order valence-corrected chi connectivity index (χ4v) is 2.91. The highest BCUT2D eigenvalue weighted by Gasteiger charge is 2.17. The van der Waals surface area contributed by atoms with Crippen LogP contribution >= 0.6 is 28.1 Å². The number of aromatic nitrogens is 2. The van der Waals surface area contributed by atoms with Gasteiger partial charge in [-0.15, -0.1) is 0 Å². The van der Waals surface area contributed by atoms with Crippen LogP contribution in [-0.2, 0) is 11.3 Å². The number of thiocarbonyl (C=S) groups is 1. The molecule has 0 aliphatic carbocycles. The Balaban J connectivity index is 1.88. The monoisotopic (exact) mass is 437 g/mol. The second-order valence-corrected chi connectivity index (χ2v) is 7.66. The van der Waals surface area contributed by atoms with Gasteiger partial charge in [0.15, 0.2) is 5.11 Å². The van der Waals surface area contributed by atoms with Crippen molar-refractivity contribution in [1.82, 2.24) is 20.6 Å². The average Bonchev–Trinajstić information content (AvgIpc) is 2.83. The standard InChI is InChI=1S/C18H24BrN5OS/c1-10-6-7-11(2)15(8-10)20-18(26)22-21-17(25)12(3)9-24-14(5)16(19)13(4)23-24/h6-8,12H,9H2,1-5H3,(H,21,25)(H2,20,22,26). The van der Waals surface area contributed by atoms with Gasteiger partial charge in [-0.3, -0.25) is 20.3 Å². The number of hydrogen-bond donors (Lipinski definition) is 3. The van der Waals surface area contributed by atoms with Crippen LogP contribution in [0.2, 0.25) is 0 Å². The quantitative estimate of drug-likeness (QED) is 0.503. The fourth-order valence-electron chi connectivity index (χ4n) is 2.46. The van der Waals surface area contributed by atoms with Crippen molar-refractivity contribution in [3.63, 3.8) is 0 Å². The molecule has 0 aliphatic heterocycles. The Morgan fingerprint density at radius 3 is 2.58 bits per heavy atom. The van der Waals surface area contributed by atoms with Gasteiger partial charge < -0.3 is 5.32 Å². The van der Waals surface area contributed by atoms with Gasteiger partial charge in [0.2, 0.25) is 5.91 Å². The van der Waals surface area contributed by atoms with Gasteiger partial charge in [0, 0.05) is 11.4 Å². The Morgan fingerprint density at radius 2 is 1.96 bits per heavy atom. The molecule has 1 atom stereocenters. The highest BCUT2D eigenvalue weighted by molar-refractivity contribution is 9.10. The molecule has 0 saturated carbocycles. The minimum Gasteiger partial charge on any atom is -0.331 e. The predicted octanol–water partition coefficient (Wildman–Crippen LogP) is 3.53. The predicted molar refractivity (Wildman–Crippen MR) is 112 cm³/mol. The number of amides is 1. The third-order valence-electron chi connectivity index (χ3n) is 4.13. The van der Waals surface area contributed by atoms with Crippen molar-refractivity contribution in [2.75, 3.05) is 5.32 Å². The molecule has 2 rings (SSSR count). The molecule has 1 aromatic heterocycles. The maximum Gasteiger partial charge on any atom is 0.243 e. The summed E-state index contributed by atoms with van der Waals surface area (Å²) in [6.45, 7) is 10.2. The molecule has 0 radical (unpaired) electrons. The highest BCUT2D eigenvalue weighted by atomic mass is 79.9. The SMILES string of the molecule is Cc1ccc(C)c(NC(=S)NNC(=O)C(C)Cn2nc(C)c(Br)c2C)c1. The normalized spacial score (nSPS) is 11.8. The Kier molecular flexibility index (Phi) is 6.77. The average molecular weight is 438 g/mol. The Bertz CT molecular complexity index is 833. The molecule has 6 nitrogen and oxygen atoms in total. The van der Waals surface area contributed by atoms with Crippen LogP contribution in [0.25, 0.3) is 0 Å². The molecule has 2 aromatic rings. The zero-order valence-electron chi connectivity index (χ0n) is 15.6. The second-order valence-electron chi connectivity index (χ2n) is 6.45. The fraction of sp³-hybridized carbons (Fsp3) is 0.389. The van der Waals surface area contributed by atoms with Gasteiger partial charge >= 0.3 is 0 Å². The molecule has 1 unspecified atom stereocenters. The van der Waals surface area contributed by atoms with Gasteiger partial charge in [0.1, 0.15) is 0 Å². The van der Waals surface area contributed by atoms with Crippen LogP contribution in [0.1, 0.15) is 29.4 Å². The van der Waals surface area contributed by atoms with Gasteiger partial charge in [-0.25, -0.2) is 0 Å². The van der Waals surface area contributed by atoms with Crippen LogP contribution in [0, 0.1) is 33.6 Å². The minimum atomic E-state index is -0.268. The van der Waals surface area contributed by atoms with Crippen molar-refractivity contribution in [3.8, 4) is 0 Å². The number of nitrogens with zero attached hydrogens (tertiary/aromatic N) is 2. The number of aryl methyl sites for hydroxylation is 3.